The van der Waals surface area contributed by atoms with Crippen LogP contribution in [0.2, 0.25) is 0 Å². The summed E-state index contributed by atoms with van der Waals surface area (Å²) in [6, 6.07) is 8.94. The lowest BCUT2D eigenvalue weighted by Crippen LogP contribution is -2.50. The molecule has 0 amide bonds. The molecule has 3 atom stereocenters. The van der Waals surface area contributed by atoms with Crippen molar-refractivity contribution in [2.45, 2.75) is 38.1 Å². The van der Waals surface area contributed by atoms with Crippen molar-refractivity contribution in [2.24, 2.45) is 5.92 Å². The van der Waals surface area contributed by atoms with E-state index in [2.05, 4.69) is 33.5 Å². The van der Waals surface area contributed by atoms with Crippen LogP contribution < -0.4 is 0 Å². The summed E-state index contributed by atoms with van der Waals surface area (Å²) in [4.78, 5) is 8.20. The first kappa shape index (κ1) is 16.2. The summed E-state index contributed by atoms with van der Waals surface area (Å²) in [7, 11) is 0. The normalized spacial score (nSPS) is 27.2. The van der Waals surface area contributed by atoms with Crippen LogP contribution in [0, 0.1) is 5.92 Å². The second-order valence-electron chi connectivity index (χ2n) is 6.67. The Kier molecular flexibility index (Phi) is 5.23. The highest BCUT2D eigenvalue weighted by Gasteiger charge is 2.42. The molecule has 2 aliphatic rings. The van der Waals surface area contributed by atoms with Gasteiger partial charge in [-0.05, 0) is 35.9 Å². The number of hydrogen-bond donors (Lipinski definition) is 0. The lowest BCUT2D eigenvalue weighted by atomic mass is 10.0. The Balaban J connectivity index is 1.31. The smallest absolute Gasteiger partial charge is 0.0781 e. The Hall–Kier alpha value is -1.27. The summed E-state index contributed by atoms with van der Waals surface area (Å²) in [5, 5.41) is 2.16. The summed E-state index contributed by atoms with van der Waals surface area (Å²) in [5.74, 6) is 0.512. The van der Waals surface area contributed by atoms with Crippen molar-refractivity contribution in [1.82, 2.24) is 9.88 Å². The van der Waals surface area contributed by atoms with E-state index >= 15 is 0 Å². The molecule has 5 heteroatoms. The molecule has 0 N–H and O–H groups in total. The van der Waals surface area contributed by atoms with E-state index in [9.17, 15) is 0 Å². The fourth-order valence-electron chi connectivity index (χ4n) is 3.93. The van der Waals surface area contributed by atoms with Crippen LogP contribution in [0.25, 0.3) is 0 Å². The minimum Gasteiger partial charge on any atom is -0.376 e. The number of fused-ring (bicyclic) bond motifs is 1. The van der Waals surface area contributed by atoms with E-state index < -0.39 is 0 Å². The highest BCUT2D eigenvalue weighted by Crippen LogP contribution is 2.36. The van der Waals surface area contributed by atoms with Crippen molar-refractivity contribution in [3.8, 4) is 0 Å². The molecular formula is C19H24N2O2S. The summed E-state index contributed by atoms with van der Waals surface area (Å²) >= 11 is 1.85. The molecule has 2 aromatic rings. The highest BCUT2D eigenvalue weighted by molar-refractivity contribution is 7.09. The molecule has 4 rings (SSSR count). The zero-order valence-corrected chi connectivity index (χ0v) is 14.7. The molecule has 1 saturated carbocycles. The van der Waals surface area contributed by atoms with Gasteiger partial charge in [-0.25, -0.2) is 0 Å². The number of hydrogen-bond acceptors (Lipinski definition) is 5. The van der Waals surface area contributed by atoms with Crippen molar-refractivity contribution < 1.29 is 9.47 Å². The summed E-state index contributed by atoms with van der Waals surface area (Å²) in [6.45, 7) is 4.36. The maximum atomic E-state index is 6.14. The zero-order valence-electron chi connectivity index (χ0n) is 13.8. The number of thiophene rings is 1. The maximum absolute atomic E-state index is 6.14. The largest absolute Gasteiger partial charge is 0.376 e. The van der Waals surface area contributed by atoms with Gasteiger partial charge in [0.25, 0.3) is 0 Å². The van der Waals surface area contributed by atoms with Crippen LogP contribution in [-0.4, -0.2) is 41.8 Å². The fourth-order valence-corrected chi connectivity index (χ4v) is 4.66. The molecule has 2 aromatic heterocycles. The Bertz CT molecular complexity index is 620. The monoisotopic (exact) mass is 344 g/mol. The van der Waals surface area contributed by atoms with Gasteiger partial charge in [0.1, 0.15) is 0 Å². The summed E-state index contributed by atoms with van der Waals surface area (Å²) in [5.41, 5.74) is 1.14. The summed E-state index contributed by atoms with van der Waals surface area (Å²) in [6.07, 6.45) is 6.41. The SMILES string of the molecule is c1cncc(COC[C@@H]2CC[C@H]3[C@@H]2OCCN3Cc2cccs2)c1. The number of nitrogens with zero attached hydrogens (tertiary/aromatic N) is 2. The maximum Gasteiger partial charge on any atom is 0.0781 e. The fraction of sp³-hybridized carbons (Fsp3) is 0.526. The number of aromatic nitrogens is 1. The van der Waals surface area contributed by atoms with Gasteiger partial charge < -0.3 is 9.47 Å². The van der Waals surface area contributed by atoms with Crippen LogP contribution >= 0.6 is 11.3 Å². The van der Waals surface area contributed by atoms with Crippen molar-refractivity contribution in [2.75, 3.05) is 19.8 Å². The highest BCUT2D eigenvalue weighted by atomic mass is 32.1. The van der Waals surface area contributed by atoms with Crippen LogP contribution in [0.4, 0.5) is 0 Å². The zero-order chi connectivity index (χ0) is 16.2. The van der Waals surface area contributed by atoms with Gasteiger partial charge in [-0.2, -0.15) is 0 Å². The van der Waals surface area contributed by atoms with Gasteiger partial charge in [-0.3, -0.25) is 9.88 Å². The lowest BCUT2D eigenvalue weighted by molar-refractivity contribution is -0.0889. The molecule has 0 bridgehead atoms. The van der Waals surface area contributed by atoms with Gasteiger partial charge in [0.15, 0.2) is 0 Å². The first-order chi connectivity index (χ1) is 11.9. The van der Waals surface area contributed by atoms with Gasteiger partial charge in [0.05, 0.1) is 25.9 Å². The van der Waals surface area contributed by atoms with Gasteiger partial charge >= 0.3 is 0 Å². The minimum atomic E-state index is 0.326. The Morgan fingerprint density at radius 1 is 1.29 bits per heavy atom. The predicted octanol–water partition coefficient (Wildman–Crippen LogP) is 3.34. The Morgan fingerprint density at radius 2 is 2.29 bits per heavy atom. The van der Waals surface area contributed by atoms with E-state index in [1.165, 1.54) is 17.7 Å². The van der Waals surface area contributed by atoms with E-state index in [0.29, 0.717) is 24.7 Å². The van der Waals surface area contributed by atoms with Gasteiger partial charge in [-0.1, -0.05) is 12.1 Å². The second-order valence-corrected chi connectivity index (χ2v) is 7.70. The number of rotatable bonds is 6. The van der Waals surface area contributed by atoms with Crippen LogP contribution in [0.3, 0.4) is 0 Å². The van der Waals surface area contributed by atoms with E-state index in [-0.39, 0.29) is 0 Å². The number of ether oxygens (including phenoxy) is 2. The standard InChI is InChI=1S/C19H24N2O2S/c1-3-15(11-20-7-1)13-22-14-16-5-6-18-19(16)23-9-8-21(18)12-17-4-2-10-24-17/h1-4,7,10-11,16,18-19H,5-6,8-9,12-14H2/t16-,18-,19+/m0/s1. The van der Waals surface area contributed by atoms with Gasteiger partial charge in [0.2, 0.25) is 0 Å². The average Bonchev–Trinajstić information content (AvgIpc) is 3.27. The molecule has 3 heterocycles. The molecule has 1 saturated heterocycles. The molecule has 4 nitrogen and oxygen atoms in total. The van der Waals surface area contributed by atoms with Crippen LogP contribution in [0.15, 0.2) is 42.0 Å². The van der Waals surface area contributed by atoms with Gasteiger partial charge in [0, 0.05) is 42.3 Å². The molecule has 1 aliphatic heterocycles. The quantitative estimate of drug-likeness (QED) is 0.805. The van der Waals surface area contributed by atoms with E-state index in [1.54, 1.807) is 6.20 Å². The number of pyridine rings is 1. The van der Waals surface area contributed by atoms with E-state index in [1.807, 2.05) is 23.6 Å². The topological polar surface area (TPSA) is 34.6 Å². The molecule has 2 fully saturated rings. The molecule has 0 aromatic carbocycles. The Labute approximate surface area is 147 Å². The Morgan fingerprint density at radius 3 is 3.12 bits per heavy atom. The lowest BCUT2D eigenvalue weighted by Gasteiger charge is -2.39. The first-order valence-corrected chi connectivity index (χ1v) is 9.63. The van der Waals surface area contributed by atoms with Gasteiger partial charge in [-0.15, -0.1) is 11.3 Å². The average molecular weight is 344 g/mol. The molecule has 128 valence electrons. The van der Waals surface area contributed by atoms with E-state index in [0.717, 1.165) is 31.9 Å². The van der Waals surface area contributed by atoms with E-state index in [4.69, 9.17) is 9.47 Å². The predicted molar refractivity (Wildman–Crippen MR) is 94.9 cm³/mol. The molecule has 24 heavy (non-hydrogen) atoms. The molecule has 1 aliphatic carbocycles. The van der Waals surface area contributed by atoms with Crippen molar-refractivity contribution >= 4 is 11.3 Å². The van der Waals surface area contributed by atoms with Crippen molar-refractivity contribution in [3.63, 3.8) is 0 Å². The minimum absolute atomic E-state index is 0.326. The summed E-state index contributed by atoms with van der Waals surface area (Å²) < 4.78 is 12.1. The number of morpholine rings is 1. The second kappa shape index (κ2) is 7.74. The van der Waals surface area contributed by atoms with Crippen LogP contribution in [0.5, 0.6) is 0 Å². The third kappa shape index (κ3) is 3.70. The molecule has 0 spiro atoms. The van der Waals surface area contributed by atoms with Crippen LogP contribution in [0.1, 0.15) is 23.3 Å². The molecule has 0 radical (unpaired) electrons. The molecular weight excluding hydrogens is 320 g/mol. The first-order valence-electron chi connectivity index (χ1n) is 8.75. The van der Waals surface area contributed by atoms with Crippen LogP contribution in [-0.2, 0) is 22.6 Å². The van der Waals surface area contributed by atoms with Crippen molar-refractivity contribution in [3.05, 3.63) is 52.5 Å². The third-order valence-corrected chi connectivity index (χ3v) is 5.96. The van der Waals surface area contributed by atoms with Crippen molar-refractivity contribution in [1.29, 1.82) is 0 Å². The molecule has 0 unspecified atom stereocenters. The third-order valence-electron chi connectivity index (χ3n) is 5.10.